The quantitative estimate of drug-likeness (QED) is 0.694. The van der Waals surface area contributed by atoms with Crippen LogP contribution in [0.2, 0.25) is 0 Å². The first-order valence-corrected chi connectivity index (χ1v) is 4.92. The fraction of sp³-hybridized carbons (Fsp3) is 0.364. The molecule has 0 spiro atoms. The van der Waals surface area contributed by atoms with E-state index in [1.54, 1.807) is 6.07 Å². The minimum absolute atomic E-state index is 0.169. The standard InChI is InChI=1S/C11H12O5/c12-11(13)7-14-5-8-6-15-9-3-1-2-4-10(9)16-8/h1-4,8H,5-7H2,(H,12,13)/p-1. The number of para-hydroxylation sites is 2. The van der Waals surface area contributed by atoms with Gasteiger partial charge in [0.2, 0.25) is 0 Å². The van der Waals surface area contributed by atoms with Crippen molar-refractivity contribution in [3.8, 4) is 11.5 Å². The highest BCUT2D eigenvalue weighted by Gasteiger charge is 2.20. The molecule has 0 saturated heterocycles. The number of fused-ring (bicyclic) bond motifs is 1. The van der Waals surface area contributed by atoms with Crippen LogP contribution in [0.15, 0.2) is 24.3 Å². The summed E-state index contributed by atoms with van der Waals surface area (Å²) in [6, 6.07) is 7.30. The van der Waals surface area contributed by atoms with Gasteiger partial charge in [0.15, 0.2) is 17.6 Å². The van der Waals surface area contributed by atoms with Crippen molar-refractivity contribution in [1.29, 1.82) is 0 Å². The van der Waals surface area contributed by atoms with Crippen LogP contribution in [0, 0.1) is 0 Å². The van der Waals surface area contributed by atoms with Crippen LogP contribution in [0.4, 0.5) is 0 Å². The van der Waals surface area contributed by atoms with Crippen LogP contribution >= 0.6 is 0 Å². The molecule has 1 aliphatic rings. The van der Waals surface area contributed by atoms with Gasteiger partial charge in [-0.3, -0.25) is 0 Å². The molecule has 1 heterocycles. The zero-order valence-electron chi connectivity index (χ0n) is 8.55. The monoisotopic (exact) mass is 223 g/mol. The van der Waals surface area contributed by atoms with Crippen molar-refractivity contribution >= 4 is 5.97 Å². The summed E-state index contributed by atoms with van der Waals surface area (Å²) in [5.74, 6) is 0.103. The smallest absolute Gasteiger partial charge is 0.161 e. The van der Waals surface area contributed by atoms with Gasteiger partial charge in [-0.05, 0) is 12.1 Å². The summed E-state index contributed by atoms with van der Waals surface area (Å²) < 4.78 is 15.9. The molecule has 0 saturated carbocycles. The highest BCUT2D eigenvalue weighted by atomic mass is 16.6. The molecule has 0 radical (unpaired) electrons. The molecule has 86 valence electrons. The summed E-state index contributed by atoms with van der Waals surface area (Å²) in [7, 11) is 0. The number of hydrogen-bond acceptors (Lipinski definition) is 5. The van der Waals surface area contributed by atoms with Gasteiger partial charge < -0.3 is 24.1 Å². The number of carbonyl (C=O) groups excluding carboxylic acids is 1. The van der Waals surface area contributed by atoms with E-state index in [4.69, 9.17) is 14.2 Å². The maximum absolute atomic E-state index is 10.1. The molecule has 5 nitrogen and oxygen atoms in total. The molecule has 2 rings (SSSR count). The lowest BCUT2D eigenvalue weighted by molar-refractivity contribution is -0.309. The zero-order valence-corrected chi connectivity index (χ0v) is 8.55. The molecule has 0 amide bonds. The SMILES string of the molecule is O=C([O-])COCC1COc2ccccc2O1. The summed E-state index contributed by atoms with van der Waals surface area (Å²) in [5.41, 5.74) is 0. The number of rotatable bonds is 4. The first-order valence-electron chi connectivity index (χ1n) is 4.92. The zero-order chi connectivity index (χ0) is 11.4. The molecular formula is C11H11O5-. The van der Waals surface area contributed by atoms with Gasteiger partial charge in [-0.15, -0.1) is 0 Å². The van der Waals surface area contributed by atoms with Crippen LogP contribution in [0.25, 0.3) is 0 Å². The number of carboxylic acids is 1. The van der Waals surface area contributed by atoms with Gasteiger partial charge in [0.25, 0.3) is 0 Å². The molecule has 0 N–H and O–H groups in total. The summed E-state index contributed by atoms with van der Waals surface area (Å²) in [4.78, 5) is 10.1. The van der Waals surface area contributed by atoms with Crippen molar-refractivity contribution in [3.05, 3.63) is 24.3 Å². The lowest BCUT2D eigenvalue weighted by Gasteiger charge is -2.26. The van der Waals surface area contributed by atoms with Crippen molar-refractivity contribution in [2.75, 3.05) is 19.8 Å². The molecule has 1 aromatic rings. The molecule has 0 bridgehead atoms. The van der Waals surface area contributed by atoms with Gasteiger partial charge >= 0.3 is 0 Å². The van der Waals surface area contributed by atoms with E-state index in [1.165, 1.54) is 0 Å². The Bertz CT molecular complexity index is 376. The lowest BCUT2D eigenvalue weighted by atomic mass is 10.3. The number of carbonyl (C=O) groups is 1. The summed E-state index contributed by atoms with van der Waals surface area (Å²) >= 11 is 0. The topological polar surface area (TPSA) is 67.8 Å². The van der Waals surface area contributed by atoms with Crippen LogP contribution in [-0.2, 0) is 9.53 Å². The first kappa shape index (κ1) is 10.8. The van der Waals surface area contributed by atoms with Crippen LogP contribution < -0.4 is 14.6 Å². The fourth-order valence-corrected chi connectivity index (χ4v) is 1.42. The first-order chi connectivity index (χ1) is 7.75. The largest absolute Gasteiger partial charge is 0.548 e. The summed E-state index contributed by atoms with van der Waals surface area (Å²) in [5, 5.41) is 10.1. The van der Waals surface area contributed by atoms with E-state index in [-0.39, 0.29) is 12.7 Å². The number of ether oxygens (including phenoxy) is 3. The van der Waals surface area contributed by atoms with Crippen LogP contribution in [0.5, 0.6) is 11.5 Å². The Morgan fingerprint density at radius 2 is 2.19 bits per heavy atom. The highest BCUT2D eigenvalue weighted by molar-refractivity contribution is 5.65. The maximum Gasteiger partial charge on any atom is 0.161 e. The Morgan fingerprint density at radius 1 is 1.44 bits per heavy atom. The van der Waals surface area contributed by atoms with Gasteiger partial charge in [0.05, 0.1) is 19.2 Å². The molecule has 1 atom stereocenters. The van der Waals surface area contributed by atoms with Gasteiger partial charge in [0.1, 0.15) is 6.61 Å². The van der Waals surface area contributed by atoms with Crippen molar-refractivity contribution in [2.45, 2.75) is 6.10 Å². The molecule has 1 aromatic carbocycles. The predicted octanol–water partition coefficient (Wildman–Crippen LogP) is -0.407. The van der Waals surface area contributed by atoms with E-state index < -0.39 is 12.6 Å². The molecule has 16 heavy (non-hydrogen) atoms. The average molecular weight is 223 g/mol. The van der Waals surface area contributed by atoms with Crippen LogP contribution in [0.3, 0.4) is 0 Å². The number of hydrogen-bond donors (Lipinski definition) is 0. The Hall–Kier alpha value is -1.75. The second-order valence-electron chi connectivity index (χ2n) is 3.38. The molecular weight excluding hydrogens is 212 g/mol. The van der Waals surface area contributed by atoms with Crippen LogP contribution in [0.1, 0.15) is 0 Å². The lowest BCUT2D eigenvalue weighted by Crippen LogP contribution is -2.35. The second-order valence-corrected chi connectivity index (χ2v) is 3.38. The van der Waals surface area contributed by atoms with E-state index in [9.17, 15) is 9.90 Å². The predicted molar refractivity (Wildman–Crippen MR) is 52.2 cm³/mol. The average Bonchev–Trinajstić information content (AvgIpc) is 2.28. The second kappa shape index (κ2) is 4.85. The Morgan fingerprint density at radius 3 is 2.94 bits per heavy atom. The summed E-state index contributed by atoms with van der Waals surface area (Å²) in [6.45, 7) is 0.0912. The molecule has 5 heteroatoms. The van der Waals surface area contributed by atoms with E-state index in [2.05, 4.69) is 0 Å². The van der Waals surface area contributed by atoms with Gasteiger partial charge in [-0.2, -0.15) is 0 Å². The van der Waals surface area contributed by atoms with Gasteiger partial charge in [-0.25, -0.2) is 0 Å². The fourth-order valence-electron chi connectivity index (χ4n) is 1.42. The van der Waals surface area contributed by atoms with Crippen molar-refractivity contribution in [3.63, 3.8) is 0 Å². The third-order valence-corrected chi connectivity index (χ3v) is 2.09. The molecule has 0 fully saturated rings. The Kier molecular flexibility index (Phi) is 3.26. The molecule has 0 aromatic heterocycles. The van der Waals surface area contributed by atoms with Crippen LogP contribution in [-0.4, -0.2) is 31.9 Å². The minimum Gasteiger partial charge on any atom is -0.548 e. The van der Waals surface area contributed by atoms with Crippen molar-refractivity contribution in [2.24, 2.45) is 0 Å². The minimum atomic E-state index is -1.24. The third kappa shape index (κ3) is 2.64. The summed E-state index contributed by atoms with van der Waals surface area (Å²) in [6.07, 6.45) is -0.283. The Labute approximate surface area is 92.5 Å². The molecule has 1 unspecified atom stereocenters. The molecule has 0 aliphatic carbocycles. The van der Waals surface area contributed by atoms with E-state index in [1.807, 2.05) is 18.2 Å². The van der Waals surface area contributed by atoms with E-state index in [0.29, 0.717) is 18.1 Å². The van der Waals surface area contributed by atoms with E-state index >= 15 is 0 Å². The van der Waals surface area contributed by atoms with Gasteiger partial charge in [-0.1, -0.05) is 12.1 Å². The van der Waals surface area contributed by atoms with Crippen molar-refractivity contribution in [1.82, 2.24) is 0 Å². The Balaban J connectivity index is 1.86. The van der Waals surface area contributed by atoms with Gasteiger partial charge in [0, 0.05) is 0 Å². The number of carboxylic acid groups (broad SMARTS) is 1. The maximum atomic E-state index is 10.1. The molecule has 1 aliphatic heterocycles. The van der Waals surface area contributed by atoms with E-state index in [0.717, 1.165) is 0 Å². The number of aliphatic carboxylic acids is 1. The van der Waals surface area contributed by atoms with Crippen molar-refractivity contribution < 1.29 is 24.1 Å². The number of benzene rings is 1. The third-order valence-electron chi connectivity index (χ3n) is 2.09. The normalized spacial score (nSPS) is 18.1. The highest BCUT2D eigenvalue weighted by Crippen LogP contribution is 2.30.